The summed E-state index contributed by atoms with van der Waals surface area (Å²) in [5.74, 6) is 0. The van der Waals surface area contributed by atoms with Crippen LogP contribution < -0.4 is 5.32 Å². The Labute approximate surface area is 127 Å². The second-order valence-corrected chi connectivity index (χ2v) is 5.70. The smallest absolute Gasteiger partial charge is 0.0842 e. The highest BCUT2D eigenvalue weighted by molar-refractivity contribution is 5.25. The Kier molecular flexibility index (Phi) is 5.93. The maximum Gasteiger partial charge on any atom is 0.0842 e. The van der Waals surface area contributed by atoms with E-state index >= 15 is 0 Å². The second-order valence-electron chi connectivity index (χ2n) is 5.70. The van der Waals surface area contributed by atoms with Gasteiger partial charge in [-0.25, -0.2) is 0 Å². The molecule has 0 aliphatic carbocycles. The fourth-order valence-corrected chi connectivity index (χ4v) is 2.59. The summed E-state index contributed by atoms with van der Waals surface area (Å²) >= 11 is 0. The molecule has 4 nitrogen and oxygen atoms in total. The van der Waals surface area contributed by atoms with Crippen molar-refractivity contribution in [2.24, 2.45) is 7.05 Å². The van der Waals surface area contributed by atoms with Gasteiger partial charge in [0.1, 0.15) is 0 Å². The monoisotopic (exact) mass is 286 g/mol. The van der Waals surface area contributed by atoms with Gasteiger partial charge in [0.25, 0.3) is 0 Å². The maximum absolute atomic E-state index is 4.21. The standard InChI is InChI=1S/C17H26N4/c1-4-11-18-16(12-17-13-21(3)20-19-17)10-9-15-8-6-5-7-14(15)2/h5-8,13,16,18H,4,9-12H2,1-3H3. The van der Waals surface area contributed by atoms with Crippen LogP contribution in [0.1, 0.15) is 36.6 Å². The molecular formula is C17H26N4. The van der Waals surface area contributed by atoms with Crippen LogP contribution in [0.4, 0.5) is 0 Å². The number of rotatable bonds is 8. The number of hydrogen-bond donors (Lipinski definition) is 1. The fraction of sp³-hybridized carbons (Fsp3) is 0.529. The average molecular weight is 286 g/mol. The molecule has 0 fully saturated rings. The lowest BCUT2D eigenvalue weighted by Crippen LogP contribution is -2.32. The zero-order chi connectivity index (χ0) is 15.1. The van der Waals surface area contributed by atoms with Crippen molar-refractivity contribution in [2.75, 3.05) is 6.54 Å². The molecule has 0 radical (unpaired) electrons. The van der Waals surface area contributed by atoms with E-state index < -0.39 is 0 Å². The van der Waals surface area contributed by atoms with Crippen molar-refractivity contribution in [1.82, 2.24) is 20.3 Å². The Morgan fingerprint density at radius 3 is 2.76 bits per heavy atom. The fourth-order valence-electron chi connectivity index (χ4n) is 2.59. The minimum atomic E-state index is 0.459. The van der Waals surface area contributed by atoms with Crippen molar-refractivity contribution in [3.05, 3.63) is 47.3 Å². The largest absolute Gasteiger partial charge is 0.314 e. The van der Waals surface area contributed by atoms with Crippen LogP contribution in [0.15, 0.2) is 30.5 Å². The molecule has 0 spiro atoms. The topological polar surface area (TPSA) is 42.7 Å². The zero-order valence-corrected chi connectivity index (χ0v) is 13.3. The van der Waals surface area contributed by atoms with E-state index in [2.05, 4.69) is 53.7 Å². The lowest BCUT2D eigenvalue weighted by molar-refractivity contribution is 0.473. The lowest BCUT2D eigenvalue weighted by Gasteiger charge is -2.18. The molecule has 0 aliphatic rings. The average Bonchev–Trinajstić information content (AvgIpc) is 2.88. The molecule has 0 saturated heterocycles. The predicted octanol–water partition coefficient (Wildman–Crippen LogP) is 2.67. The third-order valence-corrected chi connectivity index (χ3v) is 3.81. The highest BCUT2D eigenvalue weighted by Crippen LogP contribution is 2.12. The van der Waals surface area contributed by atoms with Crippen LogP contribution in [0, 0.1) is 6.92 Å². The van der Waals surface area contributed by atoms with E-state index in [0.717, 1.165) is 37.9 Å². The van der Waals surface area contributed by atoms with Gasteiger partial charge < -0.3 is 5.32 Å². The van der Waals surface area contributed by atoms with E-state index in [0.29, 0.717) is 6.04 Å². The summed E-state index contributed by atoms with van der Waals surface area (Å²) in [5.41, 5.74) is 3.89. The molecule has 2 aromatic rings. The molecule has 1 unspecified atom stereocenters. The molecule has 114 valence electrons. The molecule has 2 rings (SSSR count). The summed E-state index contributed by atoms with van der Waals surface area (Å²) in [5, 5.41) is 11.9. The second kappa shape index (κ2) is 7.93. The van der Waals surface area contributed by atoms with Crippen LogP contribution in [0.5, 0.6) is 0 Å². The highest BCUT2D eigenvalue weighted by Gasteiger charge is 2.12. The number of benzene rings is 1. The van der Waals surface area contributed by atoms with Gasteiger partial charge in [-0.1, -0.05) is 36.4 Å². The van der Waals surface area contributed by atoms with Crippen LogP contribution >= 0.6 is 0 Å². The van der Waals surface area contributed by atoms with Crippen molar-refractivity contribution in [3.63, 3.8) is 0 Å². The molecule has 1 atom stereocenters. The van der Waals surface area contributed by atoms with Gasteiger partial charge in [0.05, 0.1) is 5.69 Å². The third-order valence-electron chi connectivity index (χ3n) is 3.81. The number of aromatic nitrogens is 3. The predicted molar refractivity (Wildman–Crippen MR) is 86.3 cm³/mol. The number of nitrogens with one attached hydrogen (secondary N) is 1. The van der Waals surface area contributed by atoms with E-state index in [1.54, 1.807) is 4.68 Å². The van der Waals surface area contributed by atoms with E-state index in [1.807, 2.05) is 13.2 Å². The van der Waals surface area contributed by atoms with Gasteiger partial charge in [-0.05, 0) is 43.9 Å². The van der Waals surface area contributed by atoms with Crippen LogP contribution in [0.25, 0.3) is 0 Å². The molecule has 1 N–H and O–H groups in total. The Bertz CT molecular complexity index is 547. The SMILES string of the molecule is CCCNC(CCc1ccccc1C)Cc1cn(C)nn1. The van der Waals surface area contributed by atoms with Gasteiger partial charge in [0.2, 0.25) is 0 Å². The molecule has 0 bridgehead atoms. The summed E-state index contributed by atoms with van der Waals surface area (Å²) in [7, 11) is 1.91. The molecule has 4 heteroatoms. The Balaban J connectivity index is 1.94. The Morgan fingerprint density at radius 2 is 2.10 bits per heavy atom. The third kappa shape index (κ3) is 4.97. The minimum Gasteiger partial charge on any atom is -0.314 e. The molecule has 1 heterocycles. The summed E-state index contributed by atoms with van der Waals surface area (Å²) in [4.78, 5) is 0. The number of hydrogen-bond acceptors (Lipinski definition) is 3. The molecule has 0 saturated carbocycles. The molecule has 0 amide bonds. The van der Waals surface area contributed by atoms with Crippen LogP contribution in [-0.4, -0.2) is 27.6 Å². The first-order valence-corrected chi connectivity index (χ1v) is 7.82. The minimum absolute atomic E-state index is 0.459. The van der Waals surface area contributed by atoms with Crippen molar-refractivity contribution in [2.45, 2.75) is 45.6 Å². The highest BCUT2D eigenvalue weighted by atomic mass is 15.4. The molecule has 0 aliphatic heterocycles. The summed E-state index contributed by atoms with van der Waals surface area (Å²) < 4.78 is 1.77. The van der Waals surface area contributed by atoms with Gasteiger partial charge >= 0.3 is 0 Å². The van der Waals surface area contributed by atoms with Gasteiger partial charge in [-0.15, -0.1) is 5.10 Å². The first-order chi connectivity index (χ1) is 10.2. The number of aryl methyl sites for hydroxylation is 3. The van der Waals surface area contributed by atoms with E-state index in [-0.39, 0.29) is 0 Å². The van der Waals surface area contributed by atoms with E-state index in [4.69, 9.17) is 0 Å². The molecule has 1 aromatic carbocycles. The van der Waals surface area contributed by atoms with Gasteiger partial charge in [-0.2, -0.15) is 0 Å². The zero-order valence-electron chi connectivity index (χ0n) is 13.3. The van der Waals surface area contributed by atoms with Crippen LogP contribution in [0.3, 0.4) is 0 Å². The van der Waals surface area contributed by atoms with Crippen molar-refractivity contribution < 1.29 is 0 Å². The van der Waals surface area contributed by atoms with Gasteiger partial charge in [-0.3, -0.25) is 4.68 Å². The first kappa shape index (κ1) is 15.7. The summed E-state index contributed by atoms with van der Waals surface area (Å²) in [6, 6.07) is 9.10. The van der Waals surface area contributed by atoms with Gasteiger partial charge in [0.15, 0.2) is 0 Å². The Hall–Kier alpha value is -1.68. The van der Waals surface area contributed by atoms with Crippen molar-refractivity contribution in [3.8, 4) is 0 Å². The van der Waals surface area contributed by atoms with Crippen molar-refractivity contribution in [1.29, 1.82) is 0 Å². The first-order valence-electron chi connectivity index (χ1n) is 7.82. The lowest BCUT2D eigenvalue weighted by atomic mass is 9.99. The summed E-state index contributed by atoms with van der Waals surface area (Å²) in [6.45, 7) is 5.44. The summed E-state index contributed by atoms with van der Waals surface area (Å²) in [6.07, 6.45) is 6.34. The van der Waals surface area contributed by atoms with Crippen molar-refractivity contribution >= 4 is 0 Å². The van der Waals surface area contributed by atoms with Crippen LogP contribution in [0.2, 0.25) is 0 Å². The quantitative estimate of drug-likeness (QED) is 0.811. The molecule has 21 heavy (non-hydrogen) atoms. The maximum atomic E-state index is 4.21. The molecule has 1 aromatic heterocycles. The normalized spacial score (nSPS) is 12.5. The molecular weight excluding hydrogens is 260 g/mol. The van der Waals surface area contributed by atoms with Gasteiger partial charge in [0, 0.05) is 25.7 Å². The number of nitrogens with zero attached hydrogens (tertiary/aromatic N) is 3. The van der Waals surface area contributed by atoms with E-state index in [9.17, 15) is 0 Å². The Morgan fingerprint density at radius 1 is 1.29 bits per heavy atom. The van der Waals surface area contributed by atoms with Crippen LogP contribution in [-0.2, 0) is 19.9 Å². The van der Waals surface area contributed by atoms with E-state index in [1.165, 1.54) is 11.1 Å².